The number of rotatable bonds is 5. The fourth-order valence-corrected chi connectivity index (χ4v) is 3.81. The minimum atomic E-state index is -0.0463. The first-order valence-corrected chi connectivity index (χ1v) is 9.15. The van der Waals surface area contributed by atoms with Crippen LogP contribution >= 0.6 is 11.3 Å². The van der Waals surface area contributed by atoms with Gasteiger partial charge in [0, 0.05) is 30.0 Å². The number of aromatic nitrogens is 1. The van der Waals surface area contributed by atoms with Gasteiger partial charge in [0.2, 0.25) is 0 Å². The first kappa shape index (κ1) is 17.5. The molecule has 134 valence electrons. The van der Waals surface area contributed by atoms with E-state index in [0.717, 1.165) is 40.7 Å². The van der Waals surface area contributed by atoms with E-state index in [1.807, 2.05) is 35.4 Å². The molecule has 25 heavy (non-hydrogen) atoms. The summed E-state index contributed by atoms with van der Waals surface area (Å²) in [4.78, 5) is 18.6. The lowest BCUT2D eigenvalue weighted by atomic mass is 9.97. The van der Waals surface area contributed by atoms with Gasteiger partial charge in [-0.15, -0.1) is 11.3 Å². The number of nitrogens with zero attached hydrogens (tertiary/aromatic N) is 2. The normalized spacial score (nSPS) is 16.8. The van der Waals surface area contributed by atoms with Crippen LogP contribution in [0.15, 0.2) is 23.6 Å². The van der Waals surface area contributed by atoms with Crippen molar-refractivity contribution in [2.45, 2.75) is 25.8 Å². The summed E-state index contributed by atoms with van der Waals surface area (Å²) in [6.45, 7) is 3.83. The van der Waals surface area contributed by atoms with E-state index in [1.54, 1.807) is 25.6 Å². The SMILES string of the molecule is COc1cccc([C@@H]2CCN(C(=O)NCc3csc(C)n3)C2)c1OC. The third-order valence-electron chi connectivity index (χ3n) is 4.44. The van der Waals surface area contributed by atoms with Gasteiger partial charge < -0.3 is 19.7 Å². The predicted octanol–water partition coefficient (Wildman–Crippen LogP) is 3.17. The third-order valence-corrected chi connectivity index (χ3v) is 5.26. The zero-order valence-electron chi connectivity index (χ0n) is 14.7. The van der Waals surface area contributed by atoms with Crippen LogP contribution < -0.4 is 14.8 Å². The number of likely N-dealkylation sites (tertiary alicyclic amines) is 1. The molecule has 6 nitrogen and oxygen atoms in total. The molecule has 1 aliphatic rings. The average Bonchev–Trinajstić information content (AvgIpc) is 3.28. The second kappa shape index (κ2) is 7.74. The number of ether oxygens (including phenoxy) is 2. The van der Waals surface area contributed by atoms with E-state index in [4.69, 9.17) is 9.47 Å². The Bertz CT molecular complexity index is 747. The van der Waals surface area contributed by atoms with Gasteiger partial charge in [-0.05, 0) is 19.4 Å². The number of benzene rings is 1. The van der Waals surface area contributed by atoms with Crippen LogP contribution in [0.2, 0.25) is 0 Å². The molecule has 1 N–H and O–H groups in total. The number of amides is 2. The highest BCUT2D eigenvalue weighted by Gasteiger charge is 2.30. The van der Waals surface area contributed by atoms with E-state index < -0.39 is 0 Å². The average molecular weight is 361 g/mol. The van der Waals surface area contributed by atoms with Gasteiger partial charge in [-0.3, -0.25) is 0 Å². The molecular formula is C18H23N3O3S. The fraction of sp³-hybridized carbons (Fsp3) is 0.444. The maximum absolute atomic E-state index is 12.4. The molecule has 0 bridgehead atoms. The first-order valence-electron chi connectivity index (χ1n) is 8.27. The van der Waals surface area contributed by atoms with Crippen LogP contribution in [-0.4, -0.2) is 43.2 Å². The number of nitrogens with one attached hydrogen (secondary N) is 1. The van der Waals surface area contributed by atoms with Crippen molar-refractivity contribution in [3.63, 3.8) is 0 Å². The number of carbonyl (C=O) groups is 1. The van der Waals surface area contributed by atoms with E-state index in [2.05, 4.69) is 10.3 Å². The van der Waals surface area contributed by atoms with Crippen LogP contribution in [0.5, 0.6) is 11.5 Å². The molecule has 1 fully saturated rings. The number of hydrogen-bond acceptors (Lipinski definition) is 5. The van der Waals surface area contributed by atoms with Crippen molar-refractivity contribution >= 4 is 17.4 Å². The van der Waals surface area contributed by atoms with Gasteiger partial charge in [-0.1, -0.05) is 12.1 Å². The van der Waals surface area contributed by atoms with Crippen molar-refractivity contribution in [1.29, 1.82) is 0 Å². The lowest BCUT2D eigenvalue weighted by molar-refractivity contribution is 0.207. The smallest absolute Gasteiger partial charge is 0.317 e. The highest BCUT2D eigenvalue weighted by Crippen LogP contribution is 2.39. The number of urea groups is 1. The van der Waals surface area contributed by atoms with Crippen molar-refractivity contribution in [2.24, 2.45) is 0 Å². The Morgan fingerprint density at radius 1 is 1.40 bits per heavy atom. The molecule has 7 heteroatoms. The van der Waals surface area contributed by atoms with Gasteiger partial charge in [-0.2, -0.15) is 0 Å². The summed E-state index contributed by atoms with van der Waals surface area (Å²) in [5.41, 5.74) is 1.99. The van der Waals surface area contributed by atoms with Crippen molar-refractivity contribution in [3.05, 3.63) is 39.8 Å². The Kier molecular flexibility index (Phi) is 5.43. The molecule has 3 rings (SSSR count). The van der Waals surface area contributed by atoms with Crippen molar-refractivity contribution in [3.8, 4) is 11.5 Å². The molecule has 1 atom stereocenters. The van der Waals surface area contributed by atoms with Gasteiger partial charge in [0.25, 0.3) is 0 Å². The van der Waals surface area contributed by atoms with E-state index >= 15 is 0 Å². The monoisotopic (exact) mass is 361 g/mol. The number of methoxy groups -OCH3 is 2. The summed E-state index contributed by atoms with van der Waals surface area (Å²) >= 11 is 1.59. The highest BCUT2D eigenvalue weighted by molar-refractivity contribution is 7.09. The van der Waals surface area contributed by atoms with Gasteiger partial charge in [-0.25, -0.2) is 9.78 Å². The first-order chi connectivity index (χ1) is 12.1. The zero-order valence-corrected chi connectivity index (χ0v) is 15.6. The summed E-state index contributed by atoms with van der Waals surface area (Å²) in [6.07, 6.45) is 0.909. The second-order valence-electron chi connectivity index (χ2n) is 6.03. The van der Waals surface area contributed by atoms with Crippen LogP contribution in [0, 0.1) is 6.92 Å². The number of aryl methyl sites for hydroxylation is 1. The lowest BCUT2D eigenvalue weighted by Crippen LogP contribution is -2.38. The topological polar surface area (TPSA) is 63.7 Å². The van der Waals surface area contributed by atoms with Crippen molar-refractivity contribution < 1.29 is 14.3 Å². The second-order valence-corrected chi connectivity index (χ2v) is 7.09. The lowest BCUT2D eigenvalue weighted by Gasteiger charge is -2.19. The molecule has 2 heterocycles. The van der Waals surface area contributed by atoms with Crippen molar-refractivity contribution in [1.82, 2.24) is 15.2 Å². The Labute approximate surface area is 151 Å². The molecule has 1 aromatic carbocycles. The standard InChI is InChI=1S/C18H23N3O3S/c1-12-20-14(11-25-12)9-19-18(22)21-8-7-13(10-21)15-5-4-6-16(23-2)17(15)24-3/h4-6,11,13H,7-10H2,1-3H3,(H,19,22)/t13-/m1/s1. The number of thiazole rings is 1. The number of para-hydroxylation sites is 1. The molecule has 0 radical (unpaired) electrons. The quantitative estimate of drug-likeness (QED) is 0.888. The summed E-state index contributed by atoms with van der Waals surface area (Å²) in [6, 6.07) is 5.85. The molecule has 0 spiro atoms. The Morgan fingerprint density at radius 2 is 2.24 bits per heavy atom. The molecule has 1 saturated heterocycles. The van der Waals surface area contributed by atoms with E-state index in [0.29, 0.717) is 13.1 Å². The third kappa shape index (κ3) is 3.87. The van der Waals surface area contributed by atoms with Crippen LogP contribution in [0.4, 0.5) is 4.79 Å². The maximum Gasteiger partial charge on any atom is 0.317 e. The highest BCUT2D eigenvalue weighted by atomic mass is 32.1. The largest absolute Gasteiger partial charge is 0.493 e. The van der Waals surface area contributed by atoms with Gasteiger partial charge in [0.05, 0.1) is 31.5 Å². The Balaban J connectivity index is 1.62. The van der Waals surface area contributed by atoms with Gasteiger partial charge >= 0.3 is 6.03 Å². The van der Waals surface area contributed by atoms with Crippen LogP contribution in [0.1, 0.15) is 28.6 Å². The summed E-state index contributed by atoms with van der Waals surface area (Å²) in [5, 5.41) is 5.94. The van der Waals surface area contributed by atoms with Crippen LogP contribution in [-0.2, 0) is 6.54 Å². The molecule has 1 aliphatic heterocycles. The fourth-order valence-electron chi connectivity index (χ4n) is 3.20. The molecule has 1 aromatic heterocycles. The summed E-state index contributed by atoms with van der Waals surface area (Å²) in [7, 11) is 3.28. The Morgan fingerprint density at radius 3 is 2.92 bits per heavy atom. The Hall–Kier alpha value is -2.28. The summed E-state index contributed by atoms with van der Waals surface area (Å²) in [5.74, 6) is 1.73. The number of carbonyl (C=O) groups excluding carboxylic acids is 1. The maximum atomic E-state index is 12.4. The minimum absolute atomic E-state index is 0.0463. The molecule has 0 unspecified atom stereocenters. The molecule has 0 saturated carbocycles. The van der Waals surface area contributed by atoms with E-state index in [9.17, 15) is 4.79 Å². The van der Waals surface area contributed by atoms with Gasteiger partial charge in [0.1, 0.15) is 0 Å². The van der Waals surface area contributed by atoms with Crippen molar-refractivity contribution in [2.75, 3.05) is 27.3 Å². The van der Waals surface area contributed by atoms with Crippen LogP contribution in [0.25, 0.3) is 0 Å². The van der Waals surface area contributed by atoms with E-state index in [1.165, 1.54) is 0 Å². The van der Waals surface area contributed by atoms with Crippen LogP contribution in [0.3, 0.4) is 0 Å². The predicted molar refractivity (Wildman–Crippen MR) is 97.6 cm³/mol. The molecule has 2 aromatic rings. The van der Waals surface area contributed by atoms with E-state index in [-0.39, 0.29) is 11.9 Å². The summed E-state index contributed by atoms with van der Waals surface area (Å²) < 4.78 is 10.9. The molecule has 2 amide bonds. The van der Waals surface area contributed by atoms with Gasteiger partial charge in [0.15, 0.2) is 11.5 Å². The number of hydrogen-bond donors (Lipinski definition) is 1. The zero-order chi connectivity index (χ0) is 17.8. The molecule has 0 aliphatic carbocycles. The molecular weight excluding hydrogens is 338 g/mol. The minimum Gasteiger partial charge on any atom is -0.493 e.